The van der Waals surface area contributed by atoms with E-state index in [9.17, 15) is 4.79 Å². The maximum atomic E-state index is 11.0. The van der Waals surface area contributed by atoms with Crippen molar-refractivity contribution in [1.29, 1.82) is 0 Å². The van der Waals surface area contributed by atoms with Gasteiger partial charge in [-0.25, -0.2) is 0 Å². The molecule has 2 nitrogen and oxygen atoms in total. The lowest BCUT2D eigenvalue weighted by molar-refractivity contribution is -0.121. The average molecular weight is 189 g/mol. The highest BCUT2D eigenvalue weighted by Gasteiger charge is 2.15. The van der Waals surface area contributed by atoms with E-state index < -0.39 is 0 Å². The Hall–Kier alpha value is -0.180. The minimum atomic E-state index is 0.103. The third-order valence-corrected chi connectivity index (χ3v) is 2.28. The molecule has 0 fully saturated rings. The van der Waals surface area contributed by atoms with Crippen LogP contribution in [0.25, 0.3) is 0 Å². The molecule has 0 bridgehead atoms. The van der Waals surface area contributed by atoms with E-state index in [1.54, 1.807) is 0 Å². The van der Waals surface area contributed by atoms with Crippen molar-refractivity contribution in [3.05, 3.63) is 0 Å². The van der Waals surface area contributed by atoms with Crippen molar-refractivity contribution < 1.29 is 4.79 Å². The highest BCUT2D eigenvalue weighted by molar-refractivity contribution is 7.80. The number of carbonyl (C=O) groups is 1. The monoisotopic (exact) mass is 189 g/mol. The van der Waals surface area contributed by atoms with E-state index in [0.717, 1.165) is 13.0 Å². The van der Waals surface area contributed by atoms with E-state index >= 15 is 0 Å². The minimum absolute atomic E-state index is 0.103. The first kappa shape index (κ1) is 11.8. The summed E-state index contributed by atoms with van der Waals surface area (Å²) < 4.78 is 0. The number of hydrogen-bond donors (Lipinski definition) is 2. The van der Waals surface area contributed by atoms with E-state index in [1.807, 2.05) is 0 Å². The molecule has 0 aromatic carbocycles. The van der Waals surface area contributed by atoms with E-state index in [-0.39, 0.29) is 11.3 Å². The molecule has 0 heterocycles. The van der Waals surface area contributed by atoms with Crippen molar-refractivity contribution >= 4 is 18.5 Å². The average Bonchev–Trinajstić information content (AvgIpc) is 2.02. The van der Waals surface area contributed by atoms with Crippen LogP contribution in [-0.4, -0.2) is 18.2 Å². The summed E-state index contributed by atoms with van der Waals surface area (Å²) in [6, 6.07) is 0. The smallest absolute Gasteiger partial charge is 0.220 e. The number of rotatable bonds is 5. The van der Waals surface area contributed by atoms with Crippen LogP contribution in [0.1, 0.15) is 33.6 Å². The van der Waals surface area contributed by atoms with Crippen LogP contribution in [-0.2, 0) is 4.79 Å². The zero-order valence-electron chi connectivity index (χ0n) is 8.18. The molecule has 0 aromatic rings. The molecule has 0 radical (unpaired) electrons. The second kappa shape index (κ2) is 5.46. The zero-order valence-corrected chi connectivity index (χ0v) is 9.08. The van der Waals surface area contributed by atoms with Gasteiger partial charge < -0.3 is 5.32 Å². The zero-order chi connectivity index (χ0) is 9.61. The summed E-state index contributed by atoms with van der Waals surface area (Å²) >= 11 is 3.99. The van der Waals surface area contributed by atoms with Gasteiger partial charge in [0.1, 0.15) is 0 Å². The molecule has 12 heavy (non-hydrogen) atoms. The molecule has 72 valence electrons. The van der Waals surface area contributed by atoms with Crippen LogP contribution in [0.3, 0.4) is 0 Å². The van der Waals surface area contributed by atoms with Gasteiger partial charge in [0, 0.05) is 13.0 Å². The van der Waals surface area contributed by atoms with Crippen molar-refractivity contribution in [2.24, 2.45) is 5.41 Å². The fraction of sp³-hybridized carbons (Fsp3) is 0.889. The topological polar surface area (TPSA) is 29.1 Å². The third kappa shape index (κ3) is 5.47. The summed E-state index contributed by atoms with van der Waals surface area (Å²) in [5.74, 6) is 0.727. The molecule has 0 aliphatic rings. The number of carbonyl (C=O) groups excluding carboxylic acids is 1. The second-order valence-electron chi connectivity index (χ2n) is 3.77. The summed E-state index contributed by atoms with van der Waals surface area (Å²) in [6.45, 7) is 7.18. The van der Waals surface area contributed by atoms with E-state index in [2.05, 4.69) is 38.7 Å². The van der Waals surface area contributed by atoms with Crippen LogP contribution in [0, 0.1) is 5.41 Å². The molecule has 1 N–H and O–H groups in total. The Labute approximate surface area is 80.5 Å². The summed E-state index contributed by atoms with van der Waals surface area (Å²) in [6.07, 6.45) is 1.59. The third-order valence-electron chi connectivity index (χ3n) is 2.06. The fourth-order valence-electron chi connectivity index (χ4n) is 0.653. The van der Waals surface area contributed by atoms with Gasteiger partial charge >= 0.3 is 0 Å². The molecular weight excluding hydrogens is 170 g/mol. The predicted molar refractivity (Wildman–Crippen MR) is 55.6 cm³/mol. The Morgan fingerprint density at radius 1 is 1.50 bits per heavy atom. The van der Waals surface area contributed by atoms with Crippen molar-refractivity contribution in [3.8, 4) is 0 Å². The quantitative estimate of drug-likeness (QED) is 0.635. The Morgan fingerprint density at radius 2 is 2.08 bits per heavy atom. The fourth-order valence-corrected chi connectivity index (χ4v) is 0.856. The van der Waals surface area contributed by atoms with Gasteiger partial charge in [0.05, 0.1) is 0 Å². The van der Waals surface area contributed by atoms with Gasteiger partial charge in [0.15, 0.2) is 0 Å². The van der Waals surface area contributed by atoms with Crippen LogP contribution in [0.2, 0.25) is 0 Å². The van der Waals surface area contributed by atoms with Crippen molar-refractivity contribution in [2.75, 3.05) is 12.3 Å². The Balaban J connectivity index is 3.60. The van der Waals surface area contributed by atoms with Gasteiger partial charge in [-0.3, -0.25) is 4.79 Å². The highest BCUT2D eigenvalue weighted by atomic mass is 32.1. The Morgan fingerprint density at radius 3 is 2.50 bits per heavy atom. The number of amides is 1. The maximum Gasteiger partial charge on any atom is 0.220 e. The standard InChI is InChI=1S/C9H19NOS/c1-4-9(2,3)7-10-8(11)5-6-12/h12H,4-7H2,1-3H3,(H,10,11). The molecule has 0 rings (SSSR count). The summed E-state index contributed by atoms with van der Waals surface area (Å²) in [5.41, 5.74) is 0.215. The van der Waals surface area contributed by atoms with Crippen LogP contribution >= 0.6 is 12.6 Å². The number of hydrogen-bond acceptors (Lipinski definition) is 2. The van der Waals surface area contributed by atoms with E-state index in [4.69, 9.17) is 0 Å². The van der Waals surface area contributed by atoms with Gasteiger partial charge in [0.25, 0.3) is 0 Å². The minimum Gasteiger partial charge on any atom is -0.356 e. The first-order chi connectivity index (χ1) is 5.52. The van der Waals surface area contributed by atoms with Crippen molar-refractivity contribution in [3.63, 3.8) is 0 Å². The van der Waals surface area contributed by atoms with Gasteiger partial charge in [-0.2, -0.15) is 12.6 Å². The first-order valence-corrected chi connectivity index (χ1v) is 5.02. The van der Waals surface area contributed by atoms with Crippen LogP contribution in [0.15, 0.2) is 0 Å². The molecule has 0 aliphatic carbocycles. The Kier molecular flexibility index (Phi) is 5.38. The van der Waals surface area contributed by atoms with Gasteiger partial charge in [-0.15, -0.1) is 0 Å². The molecule has 0 saturated heterocycles. The maximum absolute atomic E-state index is 11.0. The van der Waals surface area contributed by atoms with Gasteiger partial charge in [-0.05, 0) is 17.6 Å². The molecule has 0 unspecified atom stereocenters. The van der Waals surface area contributed by atoms with Crippen LogP contribution in [0.4, 0.5) is 0 Å². The second-order valence-corrected chi connectivity index (χ2v) is 4.22. The van der Waals surface area contributed by atoms with Crippen LogP contribution < -0.4 is 5.32 Å². The molecule has 3 heteroatoms. The molecule has 0 aromatic heterocycles. The SMILES string of the molecule is CCC(C)(C)CNC(=O)CCS. The Bertz CT molecular complexity index is 145. The van der Waals surface area contributed by atoms with Crippen LogP contribution in [0.5, 0.6) is 0 Å². The lowest BCUT2D eigenvalue weighted by atomic mass is 9.90. The number of thiol groups is 1. The van der Waals surface area contributed by atoms with Gasteiger partial charge in [-0.1, -0.05) is 20.8 Å². The van der Waals surface area contributed by atoms with E-state index in [1.165, 1.54) is 0 Å². The lowest BCUT2D eigenvalue weighted by Gasteiger charge is -2.22. The lowest BCUT2D eigenvalue weighted by Crippen LogP contribution is -2.33. The normalized spacial score (nSPS) is 11.3. The highest BCUT2D eigenvalue weighted by Crippen LogP contribution is 2.17. The molecule has 0 saturated carbocycles. The summed E-state index contributed by atoms with van der Waals surface area (Å²) in [7, 11) is 0. The first-order valence-electron chi connectivity index (χ1n) is 4.39. The summed E-state index contributed by atoms with van der Waals surface area (Å²) in [5, 5.41) is 2.89. The summed E-state index contributed by atoms with van der Waals surface area (Å²) in [4.78, 5) is 11.0. The van der Waals surface area contributed by atoms with Gasteiger partial charge in [0.2, 0.25) is 5.91 Å². The molecule has 0 aliphatic heterocycles. The van der Waals surface area contributed by atoms with Crippen molar-refractivity contribution in [2.45, 2.75) is 33.6 Å². The van der Waals surface area contributed by atoms with E-state index in [0.29, 0.717) is 12.2 Å². The molecule has 1 amide bonds. The van der Waals surface area contributed by atoms with Crippen molar-refractivity contribution in [1.82, 2.24) is 5.32 Å². The molecule has 0 spiro atoms. The molecular formula is C9H19NOS. The predicted octanol–water partition coefficient (Wildman–Crippen LogP) is 1.86. The number of nitrogens with one attached hydrogen (secondary N) is 1. The largest absolute Gasteiger partial charge is 0.356 e. The molecule has 0 atom stereocenters.